The summed E-state index contributed by atoms with van der Waals surface area (Å²) in [6.45, 7) is 6.27. The van der Waals surface area contributed by atoms with Crippen molar-refractivity contribution >= 4 is 34.6 Å². The van der Waals surface area contributed by atoms with E-state index in [1.54, 1.807) is 24.3 Å². The summed E-state index contributed by atoms with van der Waals surface area (Å²) in [6, 6.07) is 13.3. The van der Waals surface area contributed by atoms with Crippen molar-refractivity contribution in [2.75, 3.05) is 5.32 Å². The van der Waals surface area contributed by atoms with Crippen molar-refractivity contribution < 1.29 is 9.72 Å². The maximum absolute atomic E-state index is 12.3. The van der Waals surface area contributed by atoms with Crippen LogP contribution in [0.5, 0.6) is 0 Å². The molecule has 6 nitrogen and oxygen atoms in total. The number of carbonyl (C=O) groups is 1. The number of hydrogen-bond donors (Lipinski definition) is 2. The molecule has 0 radical (unpaired) electrons. The Kier molecular flexibility index (Phi) is 5.48. The van der Waals surface area contributed by atoms with Gasteiger partial charge in [-0.1, -0.05) is 45.0 Å². The van der Waals surface area contributed by atoms with Crippen molar-refractivity contribution in [3.8, 4) is 0 Å². The van der Waals surface area contributed by atoms with Gasteiger partial charge in [-0.3, -0.25) is 20.2 Å². The van der Waals surface area contributed by atoms with Crippen molar-refractivity contribution in [1.29, 1.82) is 0 Å². The summed E-state index contributed by atoms with van der Waals surface area (Å²) in [5, 5.41) is 16.2. The number of nitro groups is 1. The third-order valence-electron chi connectivity index (χ3n) is 3.59. The molecular weight excluding hydrogens is 338 g/mol. The molecular formula is C18H19N3O3S. The van der Waals surface area contributed by atoms with E-state index in [2.05, 4.69) is 31.4 Å². The first-order valence-corrected chi connectivity index (χ1v) is 8.05. The van der Waals surface area contributed by atoms with Crippen LogP contribution in [-0.2, 0) is 5.41 Å². The third-order valence-corrected chi connectivity index (χ3v) is 3.79. The number of rotatable bonds is 3. The Hall–Kier alpha value is -2.80. The topological polar surface area (TPSA) is 84.3 Å². The second-order valence-corrected chi connectivity index (χ2v) is 6.92. The minimum Gasteiger partial charge on any atom is -0.327 e. The maximum atomic E-state index is 12.3. The van der Waals surface area contributed by atoms with Crippen LogP contribution in [0.3, 0.4) is 0 Å². The van der Waals surface area contributed by atoms with Crippen LogP contribution in [0.1, 0.15) is 36.7 Å². The van der Waals surface area contributed by atoms with Gasteiger partial charge in [0, 0.05) is 11.6 Å². The van der Waals surface area contributed by atoms with Gasteiger partial charge in [-0.05, 0) is 41.4 Å². The lowest BCUT2D eigenvalue weighted by Gasteiger charge is -2.19. The molecule has 0 aliphatic carbocycles. The van der Waals surface area contributed by atoms with Crippen LogP contribution >= 0.6 is 12.2 Å². The molecule has 7 heteroatoms. The van der Waals surface area contributed by atoms with Crippen LogP contribution < -0.4 is 10.6 Å². The third kappa shape index (κ3) is 4.84. The van der Waals surface area contributed by atoms with E-state index >= 15 is 0 Å². The van der Waals surface area contributed by atoms with E-state index in [-0.39, 0.29) is 27.8 Å². The predicted octanol–water partition coefficient (Wildman–Crippen LogP) is 4.02. The highest BCUT2D eigenvalue weighted by atomic mass is 32.1. The van der Waals surface area contributed by atoms with E-state index < -0.39 is 4.92 Å². The van der Waals surface area contributed by atoms with Gasteiger partial charge in [0.2, 0.25) is 0 Å². The van der Waals surface area contributed by atoms with Crippen LogP contribution in [0.25, 0.3) is 0 Å². The fourth-order valence-electron chi connectivity index (χ4n) is 2.19. The molecule has 130 valence electrons. The van der Waals surface area contributed by atoms with E-state index in [0.29, 0.717) is 5.56 Å². The standard InChI is InChI=1S/C18H19N3O3S/c1-18(2,3)13-10-8-12(9-11-13)16(22)20-17(25)19-14-6-4-5-7-15(14)21(23)24/h4-11H,1-3H3,(H2,19,20,22,25). The minimum absolute atomic E-state index is 0.000743. The number of para-hydroxylation sites is 2. The van der Waals surface area contributed by atoms with E-state index in [9.17, 15) is 14.9 Å². The fraction of sp³-hybridized carbons (Fsp3) is 0.222. The Labute approximate surface area is 151 Å². The lowest BCUT2D eigenvalue weighted by molar-refractivity contribution is -0.383. The molecule has 0 aliphatic heterocycles. The number of carbonyl (C=O) groups excluding carboxylic acids is 1. The molecule has 0 spiro atoms. The average molecular weight is 357 g/mol. The van der Waals surface area contributed by atoms with Crippen molar-refractivity contribution in [1.82, 2.24) is 5.32 Å². The molecule has 25 heavy (non-hydrogen) atoms. The monoisotopic (exact) mass is 357 g/mol. The quantitative estimate of drug-likeness (QED) is 0.492. The zero-order valence-electron chi connectivity index (χ0n) is 14.2. The molecule has 0 saturated heterocycles. The zero-order valence-corrected chi connectivity index (χ0v) is 15.0. The first kappa shape index (κ1) is 18.5. The number of nitrogens with one attached hydrogen (secondary N) is 2. The van der Waals surface area contributed by atoms with Gasteiger partial charge in [-0.15, -0.1) is 0 Å². The van der Waals surface area contributed by atoms with Gasteiger partial charge in [-0.2, -0.15) is 0 Å². The van der Waals surface area contributed by atoms with Gasteiger partial charge in [0.25, 0.3) is 11.6 Å². The molecule has 0 saturated carbocycles. The molecule has 2 aromatic carbocycles. The Balaban J connectivity index is 2.06. The van der Waals surface area contributed by atoms with Crippen LogP contribution in [0.4, 0.5) is 11.4 Å². The van der Waals surface area contributed by atoms with Crippen LogP contribution in [0.15, 0.2) is 48.5 Å². The molecule has 0 heterocycles. The summed E-state index contributed by atoms with van der Waals surface area (Å²) in [4.78, 5) is 22.7. The number of anilines is 1. The predicted molar refractivity (Wildman–Crippen MR) is 102 cm³/mol. The second-order valence-electron chi connectivity index (χ2n) is 6.51. The fourth-order valence-corrected chi connectivity index (χ4v) is 2.39. The number of thiocarbonyl (C=S) groups is 1. The smallest absolute Gasteiger partial charge is 0.292 e. The number of benzene rings is 2. The van der Waals surface area contributed by atoms with E-state index in [1.165, 1.54) is 12.1 Å². The minimum atomic E-state index is -0.516. The highest BCUT2D eigenvalue weighted by Gasteiger charge is 2.16. The van der Waals surface area contributed by atoms with Gasteiger partial charge in [0.05, 0.1) is 4.92 Å². The first-order chi connectivity index (χ1) is 11.7. The Bertz CT molecular complexity index is 811. The van der Waals surface area contributed by atoms with Crippen LogP contribution in [0, 0.1) is 10.1 Å². The molecule has 2 aromatic rings. The summed E-state index contributed by atoms with van der Waals surface area (Å²) < 4.78 is 0. The molecule has 0 bridgehead atoms. The van der Waals surface area contributed by atoms with Crippen molar-refractivity contribution in [3.05, 3.63) is 69.8 Å². The van der Waals surface area contributed by atoms with E-state index in [0.717, 1.165) is 5.56 Å². The molecule has 1 amide bonds. The largest absolute Gasteiger partial charge is 0.327 e. The first-order valence-electron chi connectivity index (χ1n) is 7.65. The summed E-state index contributed by atoms with van der Waals surface area (Å²) in [5.74, 6) is -0.378. The molecule has 0 unspecified atom stereocenters. The van der Waals surface area contributed by atoms with Gasteiger partial charge in [-0.25, -0.2) is 0 Å². The number of nitrogens with zero attached hydrogens (tertiary/aromatic N) is 1. The summed E-state index contributed by atoms with van der Waals surface area (Å²) in [5.41, 5.74) is 1.68. The van der Waals surface area contributed by atoms with Crippen molar-refractivity contribution in [2.24, 2.45) is 0 Å². The molecule has 0 fully saturated rings. The molecule has 0 atom stereocenters. The SMILES string of the molecule is CC(C)(C)c1ccc(C(=O)NC(=S)Nc2ccccc2[N+](=O)[O-])cc1. The van der Waals surface area contributed by atoms with Gasteiger partial charge in [0.15, 0.2) is 5.11 Å². The van der Waals surface area contributed by atoms with Crippen molar-refractivity contribution in [3.63, 3.8) is 0 Å². The zero-order chi connectivity index (χ0) is 18.6. The highest BCUT2D eigenvalue weighted by molar-refractivity contribution is 7.80. The molecule has 2 rings (SSSR count). The van der Waals surface area contributed by atoms with Crippen LogP contribution in [-0.4, -0.2) is 15.9 Å². The lowest BCUT2D eigenvalue weighted by atomic mass is 9.87. The summed E-state index contributed by atoms with van der Waals surface area (Å²) in [6.07, 6.45) is 0. The molecule has 0 aromatic heterocycles. The number of hydrogen-bond acceptors (Lipinski definition) is 4. The lowest BCUT2D eigenvalue weighted by Crippen LogP contribution is -2.34. The number of amides is 1. The normalized spacial score (nSPS) is 10.8. The van der Waals surface area contributed by atoms with Gasteiger partial charge < -0.3 is 5.32 Å². The molecule has 2 N–H and O–H groups in total. The molecule has 0 aliphatic rings. The Morgan fingerprint density at radius 2 is 1.68 bits per heavy atom. The van der Waals surface area contributed by atoms with Crippen molar-refractivity contribution in [2.45, 2.75) is 26.2 Å². The Morgan fingerprint density at radius 3 is 2.24 bits per heavy atom. The highest BCUT2D eigenvalue weighted by Crippen LogP contribution is 2.23. The summed E-state index contributed by atoms with van der Waals surface area (Å²) >= 11 is 5.08. The van der Waals surface area contributed by atoms with Gasteiger partial charge in [0.1, 0.15) is 5.69 Å². The average Bonchev–Trinajstić information content (AvgIpc) is 2.54. The van der Waals surface area contributed by atoms with E-state index in [4.69, 9.17) is 12.2 Å². The summed E-state index contributed by atoms with van der Waals surface area (Å²) in [7, 11) is 0. The maximum Gasteiger partial charge on any atom is 0.292 e. The van der Waals surface area contributed by atoms with Gasteiger partial charge >= 0.3 is 0 Å². The van der Waals surface area contributed by atoms with Crippen LogP contribution in [0.2, 0.25) is 0 Å². The number of nitro benzene ring substituents is 1. The van der Waals surface area contributed by atoms with E-state index in [1.807, 2.05) is 12.1 Å². The second kappa shape index (κ2) is 7.40. The Morgan fingerprint density at radius 1 is 1.08 bits per heavy atom.